The van der Waals surface area contributed by atoms with E-state index >= 15 is 0 Å². The molecular weight excluding hydrogens is 994 g/mol. The van der Waals surface area contributed by atoms with Crippen molar-refractivity contribution in [1.29, 1.82) is 0 Å². The number of aliphatic hydroxyl groups excluding tert-OH is 19. The highest BCUT2D eigenvalue weighted by atomic mass is 16.8. The maximum Gasteiger partial charge on any atom is 0.186 e. The minimum Gasteiger partial charge on any atom is -0.394 e. The molecule has 6 saturated heterocycles. The summed E-state index contributed by atoms with van der Waals surface area (Å²) in [6, 6.07) is 0. The van der Waals surface area contributed by atoms with Gasteiger partial charge in [0.2, 0.25) is 0 Å². The van der Waals surface area contributed by atoms with Gasteiger partial charge in [0.25, 0.3) is 0 Å². The van der Waals surface area contributed by atoms with E-state index in [-0.39, 0.29) is 13.2 Å². The molecule has 0 radical (unpaired) electrons. The van der Waals surface area contributed by atoms with E-state index in [4.69, 9.17) is 62.4 Å². The van der Waals surface area contributed by atoms with E-state index in [1.165, 1.54) is 0 Å². The van der Waals surface area contributed by atoms with E-state index in [9.17, 15) is 97.0 Å². The molecule has 19 N–H and O–H groups in total. The SMILES string of the molecule is [N-]=[N+]=NCCOC1O[C@H](CO[C@@H]2O[C@H](COC3O[C@H](CO[C@@H]4O[C@H](COC5O[C@H](CO[C@@H]6O[C@H](CO)[C@@H](O)[C@H](O)C6O)[C@@H](O)C(O)[C@H]5O)[C@@H](O)[C@H](O)C4O)[C@@H](O)[C@H](O)[C@H]3O)[C@@H](O)[C@H](O)C2O)[C@@H](O)C(O)[C@H]1O. The topological polar surface area (TPSA) is 544 Å². The fraction of sp³-hybridized carbons (Fsp3) is 1.00. The van der Waals surface area contributed by atoms with Gasteiger partial charge in [0, 0.05) is 11.5 Å². The molecule has 34 heteroatoms. The van der Waals surface area contributed by atoms with E-state index in [0.29, 0.717) is 0 Å². The molecule has 0 bridgehead atoms. The molecule has 6 aliphatic heterocycles. The molecule has 0 spiro atoms. The van der Waals surface area contributed by atoms with Crippen molar-refractivity contribution < 1.29 is 154 Å². The summed E-state index contributed by atoms with van der Waals surface area (Å²) in [6.07, 6.45) is -53.9. The molecule has 30 atom stereocenters. The van der Waals surface area contributed by atoms with Gasteiger partial charge in [-0.1, -0.05) is 5.11 Å². The zero-order valence-corrected chi connectivity index (χ0v) is 37.7. The van der Waals surface area contributed by atoms with Gasteiger partial charge in [-0.2, -0.15) is 0 Å². The van der Waals surface area contributed by atoms with Gasteiger partial charge in [-0.05, 0) is 5.53 Å². The van der Waals surface area contributed by atoms with Gasteiger partial charge in [-0.25, -0.2) is 0 Å². The van der Waals surface area contributed by atoms with Gasteiger partial charge in [0.15, 0.2) is 37.7 Å². The Bertz CT molecular complexity index is 1700. The van der Waals surface area contributed by atoms with Crippen LogP contribution in [0.25, 0.3) is 10.4 Å². The molecule has 34 nitrogen and oxygen atoms in total. The van der Waals surface area contributed by atoms with Crippen molar-refractivity contribution in [2.45, 2.75) is 184 Å². The highest BCUT2D eigenvalue weighted by molar-refractivity contribution is 4.96. The van der Waals surface area contributed by atoms with Crippen LogP contribution in [0, 0.1) is 0 Å². The summed E-state index contributed by atoms with van der Waals surface area (Å²) >= 11 is 0. The predicted octanol–water partition coefficient (Wildman–Crippen LogP) is -12.8. The Morgan fingerprint density at radius 2 is 0.514 bits per heavy atom. The van der Waals surface area contributed by atoms with Gasteiger partial charge in [0.1, 0.15) is 146 Å². The third-order valence-corrected chi connectivity index (χ3v) is 12.9. The van der Waals surface area contributed by atoms with E-state index in [2.05, 4.69) is 10.0 Å². The minimum absolute atomic E-state index is 0.168. The van der Waals surface area contributed by atoms with Crippen LogP contribution in [0.15, 0.2) is 5.11 Å². The number of aliphatic hydroxyl groups is 19. The number of azide groups is 1. The second-order valence-electron chi connectivity index (χ2n) is 17.8. The molecule has 0 saturated carbocycles. The number of hydrogen-bond donors (Lipinski definition) is 19. The Labute approximate surface area is 406 Å². The molecule has 72 heavy (non-hydrogen) atoms. The molecule has 6 rings (SSSR count). The molecule has 0 aromatic carbocycles. The summed E-state index contributed by atoms with van der Waals surface area (Å²) in [5.74, 6) is 0. The molecule has 0 amide bonds. The van der Waals surface area contributed by atoms with Crippen LogP contribution in [0.4, 0.5) is 0 Å². The highest BCUT2D eigenvalue weighted by Gasteiger charge is 2.52. The van der Waals surface area contributed by atoms with Gasteiger partial charge in [-0.3, -0.25) is 0 Å². The van der Waals surface area contributed by atoms with Gasteiger partial charge < -0.3 is 154 Å². The summed E-state index contributed by atoms with van der Waals surface area (Å²) in [7, 11) is 0. The van der Waals surface area contributed by atoms with Crippen LogP contribution >= 0.6 is 0 Å². The lowest BCUT2D eigenvalue weighted by atomic mass is 9.97. The van der Waals surface area contributed by atoms with Crippen LogP contribution in [-0.4, -0.2) is 334 Å². The Balaban J connectivity index is 1.01. The highest BCUT2D eigenvalue weighted by Crippen LogP contribution is 2.31. The van der Waals surface area contributed by atoms with Gasteiger partial charge >= 0.3 is 0 Å². The van der Waals surface area contributed by atoms with Crippen molar-refractivity contribution in [2.24, 2.45) is 5.11 Å². The van der Waals surface area contributed by atoms with Crippen LogP contribution in [0.3, 0.4) is 0 Å². The summed E-state index contributed by atoms with van der Waals surface area (Å²) in [5, 5.41) is 202. The van der Waals surface area contributed by atoms with Crippen molar-refractivity contribution in [1.82, 2.24) is 0 Å². The Morgan fingerprint density at radius 1 is 0.306 bits per heavy atom. The maximum absolute atomic E-state index is 10.8. The second kappa shape index (κ2) is 26.4. The van der Waals surface area contributed by atoms with Gasteiger partial charge in [0.05, 0.1) is 46.2 Å². The number of ether oxygens (including phenoxy) is 12. The lowest BCUT2D eigenvalue weighted by Crippen LogP contribution is -2.63. The van der Waals surface area contributed by atoms with Gasteiger partial charge in [-0.15, -0.1) is 0 Å². The zero-order chi connectivity index (χ0) is 52.9. The summed E-state index contributed by atoms with van der Waals surface area (Å²) in [5.41, 5.74) is 8.44. The molecule has 418 valence electrons. The normalized spacial score (nSPS) is 50.3. The van der Waals surface area contributed by atoms with Crippen LogP contribution in [-0.2, 0) is 56.8 Å². The smallest absolute Gasteiger partial charge is 0.186 e. The van der Waals surface area contributed by atoms with E-state index < -0.39 is 224 Å². The Kier molecular flexibility index (Phi) is 21.8. The Hall–Kier alpha value is -1.93. The molecule has 0 aliphatic carbocycles. The zero-order valence-electron chi connectivity index (χ0n) is 37.7. The fourth-order valence-electron chi connectivity index (χ4n) is 8.37. The summed E-state index contributed by atoms with van der Waals surface area (Å²) in [4.78, 5) is 2.55. The van der Waals surface area contributed by atoms with Crippen LogP contribution < -0.4 is 0 Å². The molecule has 6 heterocycles. The van der Waals surface area contributed by atoms with Crippen molar-refractivity contribution in [2.75, 3.05) is 52.8 Å². The molecule has 6 aliphatic rings. The van der Waals surface area contributed by atoms with Crippen LogP contribution in [0.5, 0.6) is 0 Å². The van der Waals surface area contributed by atoms with Crippen LogP contribution in [0.2, 0.25) is 0 Å². The van der Waals surface area contributed by atoms with E-state index in [1.54, 1.807) is 0 Å². The van der Waals surface area contributed by atoms with Crippen molar-refractivity contribution in [3.63, 3.8) is 0 Å². The van der Waals surface area contributed by atoms with Crippen molar-refractivity contribution in [3.05, 3.63) is 10.4 Å². The molecule has 0 aromatic rings. The lowest BCUT2D eigenvalue weighted by Gasteiger charge is -2.45. The first-order valence-electron chi connectivity index (χ1n) is 22.6. The molecule has 8 unspecified atom stereocenters. The van der Waals surface area contributed by atoms with E-state index in [1.807, 2.05) is 0 Å². The van der Waals surface area contributed by atoms with Crippen molar-refractivity contribution >= 4 is 0 Å². The lowest BCUT2D eigenvalue weighted by molar-refractivity contribution is -0.352. The third-order valence-electron chi connectivity index (χ3n) is 12.9. The first kappa shape index (κ1) is 59.3. The van der Waals surface area contributed by atoms with E-state index in [0.717, 1.165) is 0 Å². The summed E-state index contributed by atoms with van der Waals surface area (Å²) < 4.78 is 65.8. The number of rotatable bonds is 20. The molecule has 6 fully saturated rings. The summed E-state index contributed by atoms with van der Waals surface area (Å²) in [6.45, 7) is -4.95. The average molecular weight is 1060 g/mol. The molecular formula is C38H65N3O31. The monoisotopic (exact) mass is 1060 g/mol. The fourth-order valence-corrected chi connectivity index (χ4v) is 8.37. The Morgan fingerprint density at radius 3 is 0.736 bits per heavy atom. The van der Waals surface area contributed by atoms with Crippen molar-refractivity contribution in [3.8, 4) is 0 Å². The number of hydrogen-bond acceptors (Lipinski definition) is 32. The first-order chi connectivity index (χ1) is 34.1. The quantitative estimate of drug-likeness (QED) is 0.0233. The third kappa shape index (κ3) is 13.4. The maximum atomic E-state index is 10.8. The number of nitrogens with zero attached hydrogens (tertiary/aromatic N) is 3. The van der Waals surface area contributed by atoms with Crippen LogP contribution in [0.1, 0.15) is 0 Å². The standard InChI is InChI=1S/C38H65N3O31/c39-41-40-1-2-61-33-27(55)22(50)16(44)10(68-33)4-63-35-29(57)24(52)18(46)12(70-35)6-65-37-31(59)26(54)20(48)14(72-37)8-66-38-32(60)25(53)19(47)13(71-38)7-64-36-30(58)23(51)17(45)11(69-36)5-62-34-28(56)21(49)15(43)9(3-42)67-34/h9-38,42-60H,1-8H2/t9-,10-,11-,12-,13-,14-,15-,16-,17-,18-,19-,20-,21+,22?,23?,24+,25+,26+,27-,28?,29?,30-,31-,32?,33?,34-,35-,36?,37?,38-/m1/s1. The predicted molar refractivity (Wildman–Crippen MR) is 217 cm³/mol. The minimum atomic E-state index is -2.02. The largest absolute Gasteiger partial charge is 0.394 e. The molecule has 0 aromatic heterocycles. The average Bonchev–Trinajstić information content (AvgIpc) is 3.37. The first-order valence-corrected chi connectivity index (χ1v) is 22.6. The second-order valence-corrected chi connectivity index (χ2v) is 17.8.